The molecule has 0 spiro atoms. The number of ether oxygens (including phenoxy) is 2. The molecule has 0 atom stereocenters. The van der Waals surface area contributed by atoms with Crippen LogP contribution in [-0.4, -0.2) is 18.7 Å². The van der Waals surface area contributed by atoms with E-state index >= 15 is 0 Å². The minimum Gasteiger partial charge on any atom is -0.497 e. The molecule has 5 heteroatoms. The number of aromatic nitrogens is 1. The Hall–Kier alpha value is -2.06. The second kappa shape index (κ2) is 7.65. The van der Waals surface area contributed by atoms with Crippen molar-refractivity contribution < 1.29 is 9.47 Å². The van der Waals surface area contributed by atoms with Crippen LogP contribution in [0.25, 0.3) is 0 Å². The number of methoxy groups -OCH3 is 1. The van der Waals surface area contributed by atoms with E-state index in [2.05, 4.69) is 18.0 Å². The highest BCUT2D eigenvalue weighted by Gasteiger charge is 2.10. The quantitative estimate of drug-likeness (QED) is 0.784. The van der Waals surface area contributed by atoms with Crippen LogP contribution < -0.4 is 9.47 Å². The zero-order chi connectivity index (χ0) is 15.1. The van der Waals surface area contributed by atoms with Gasteiger partial charge < -0.3 is 9.47 Å². The Balaban J connectivity index is 1.89. The molecule has 0 aliphatic heterocycles. The van der Waals surface area contributed by atoms with Crippen molar-refractivity contribution in [2.75, 3.05) is 13.7 Å². The van der Waals surface area contributed by atoms with E-state index in [1.165, 1.54) is 11.3 Å². The SMILES string of the molecule is CCCc1nc(CCOc2ccc(OC)cc2)sc1C#N. The normalized spacial score (nSPS) is 10.1. The Morgan fingerprint density at radius 2 is 1.90 bits per heavy atom. The molecule has 0 N–H and O–H groups in total. The molecule has 2 rings (SSSR count). The van der Waals surface area contributed by atoms with E-state index in [0.717, 1.165) is 46.3 Å². The third-order valence-corrected chi connectivity index (χ3v) is 4.04. The van der Waals surface area contributed by atoms with Crippen LogP contribution in [0.2, 0.25) is 0 Å². The molecule has 2 aromatic rings. The summed E-state index contributed by atoms with van der Waals surface area (Å²) >= 11 is 1.47. The molecule has 0 bridgehead atoms. The minimum absolute atomic E-state index is 0.552. The van der Waals surface area contributed by atoms with Gasteiger partial charge >= 0.3 is 0 Å². The molecule has 21 heavy (non-hydrogen) atoms. The molecule has 0 amide bonds. The van der Waals surface area contributed by atoms with Crippen molar-refractivity contribution in [2.24, 2.45) is 0 Å². The van der Waals surface area contributed by atoms with Gasteiger partial charge in [0, 0.05) is 6.42 Å². The lowest BCUT2D eigenvalue weighted by atomic mass is 10.2. The Bertz CT molecular complexity index is 614. The van der Waals surface area contributed by atoms with E-state index in [1.54, 1.807) is 7.11 Å². The van der Waals surface area contributed by atoms with Gasteiger partial charge in [0.25, 0.3) is 0 Å². The molecule has 0 unspecified atom stereocenters. The van der Waals surface area contributed by atoms with Crippen molar-refractivity contribution in [3.63, 3.8) is 0 Å². The number of benzene rings is 1. The summed E-state index contributed by atoms with van der Waals surface area (Å²) in [7, 11) is 1.64. The second-order valence-electron chi connectivity index (χ2n) is 4.52. The molecule has 4 nitrogen and oxygen atoms in total. The summed E-state index contributed by atoms with van der Waals surface area (Å²) in [5.74, 6) is 1.62. The monoisotopic (exact) mass is 302 g/mol. The zero-order valence-electron chi connectivity index (χ0n) is 12.3. The topological polar surface area (TPSA) is 55.1 Å². The van der Waals surface area contributed by atoms with Crippen molar-refractivity contribution in [2.45, 2.75) is 26.2 Å². The lowest BCUT2D eigenvalue weighted by molar-refractivity contribution is 0.321. The summed E-state index contributed by atoms with van der Waals surface area (Å²) in [4.78, 5) is 5.26. The molecule has 1 aromatic heterocycles. The molecular formula is C16H18N2O2S. The van der Waals surface area contributed by atoms with Gasteiger partial charge in [0.15, 0.2) is 0 Å². The number of hydrogen-bond acceptors (Lipinski definition) is 5. The second-order valence-corrected chi connectivity index (χ2v) is 5.60. The largest absolute Gasteiger partial charge is 0.497 e. The number of nitrogens with zero attached hydrogens (tertiary/aromatic N) is 2. The van der Waals surface area contributed by atoms with Gasteiger partial charge in [-0.2, -0.15) is 5.26 Å². The number of aryl methyl sites for hydroxylation is 1. The van der Waals surface area contributed by atoms with E-state index in [1.807, 2.05) is 24.3 Å². The first kappa shape index (κ1) is 15.3. The molecule has 0 fully saturated rings. The van der Waals surface area contributed by atoms with E-state index in [4.69, 9.17) is 14.7 Å². The summed E-state index contributed by atoms with van der Waals surface area (Å²) < 4.78 is 10.8. The number of thiazole rings is 1. The molecule has 0 aliphatic carbocycles. The first-order chi connectivity index (χ1) is 10.3. The molecule has 0 aliphatic rings. The number of rotatable bonds is 7. The average Bonchev–Trinajstić information content (AvgIpc) is 2.90. The lowest BCUT2D eigenvalue weighted by Crippen LogP contribution is -2.01. The zero-order valence-corrected chi connectivity index (χ0v) is 13.1. The summed E-state index contributed by atoms with van der Waals surface area (Å²) in [5.41, 5.74) is 0.921. The average molecular weight is 302 g/mol. The maximum atomic E-state index is 9.09. The van der Waals surface area contributed by atoms with Crippen molar-refractivity contribution in [3.05, 3.63) is 39.8 Å². The molecule has 0 saturated heterocycles. The Morgan fingerprint density at radius 1 is 1.19 bits per heavy atom. The minimum atomic E-state index is 0.552. The van der Waals surface area contributed by atoms with Crippen LogP contribution in [-0.2, 0) is 12.8 Å². The standard InChI is InChI=1S/C16H18N2O2S/c1-3-4-14-15(11-17)21-16(18-14)9-10-20-13-7-5-12(19-2)6-8-13/h5-8H,3-4,9-10H2,1-2H3. The van der Waals surface area contributed by atoms with E-state index in [0.29, 0.717) is 6.61 Å². The molecule has 0 radical (unpaired) electrons. The van der Waals surface area contributed by atoms with E-state index in [-0.39, 0.29) is 0 Å². The maximum absolute atomic E-state index is 9.09. The predicted octanol–water partition coefficient (Wildman–Crippen LogP) is 3.60. The predicted molar refractivity (Wildman–Crippen MR) is 83.0 cm³/mol. The van der Waals surface area contributed by atoms with Crippen LogP contribution in [0.4, 0.5) is 0 Å². The van der Waals surface area contributed by atoms with Crippen molar-refractivity contribution in [1.29, 1.82) is 5.26 Å². The van der Waals surface area contributed by atoms with Gasteiger partial charge in [-0.1, -0.05) is 13.3 Å². The highest BCUT2D eigenvalue weighted by Crippen LogP contribution is 2.21. The third-order valence-electron chi connectivity index (χ3n) is 2.97. The van der Waals surface area contributed by atoms with E-state index in [9.17, 15) is 0 Å². The number of hydrogen-bond donors (Lipinski definition) is 0. The van der Waals surface area contributed by atoms with Crippen LogP contribution >= 0.6 is 11.3 Å². The fourth-order valence-electron chi connectivity index (χ4n) is 1.93. The van der Waals surface area contributed by atoms with Gasteiger partial charge in [-0.3, -0.25) is 0 Å². The van der Waals surface area contributed by atoms with Gasteiger partial charge in [0.05, 0.1) is 24.4 Å². The van der Waals surface area contributed by atoms with Gasteiger partial charge in [-0.05, 0) is 30.7 Å². The van der Waals surface area contributed by atoms with Crippen molar-refractivity contribution in [3.8, 4) is 17.6 Å². The Kier molecular flexibility index (Phi) is 5.59. The lowest BCUT2D eigenvalue weighted by Gasteiger charge is -2.05. The van der Waals surface area contributed by atoms with Gasteiger partial charge in [-0.25, -0.2) is 4.98 Å². The molecule has 1 heterocycles. The van der Waals surface area contributed by atoms with Crippen molar-refractivity contribution >= 4 is 11.3 Å². The third kappa shape index (κ3) is 4.20. The smallest absolute Gasteiger partial charge is 0.128 e. The van der Waals surface area contributed by atoms with Crippen LogP contribution in [0.5, 0.6) is 11.5 Å². The Morgan fingerprint density at radius 3 is 2.52 bits per heavy atom. The fourth-order valence-corrected chi connectivity index (χ4v) is 2.82. The van der Waals surface area contributed by atoms with Crippen LogP contribution in [0.3, 0.4) is 0 Å². The summed E-state index contributed by atoms with van der Waals surface area (Å²) in [6.07, 6.45) is 2.58. The molecule has 0 saturated carbocycles. The summed E-state index contributed by atoms with van der Waals surface area (Å²) in [6, 6.07) is 9.71. The van der Waals surface area contributed by atoms with Gasteiger partial charge in [-0.15, -0.1) is 11.3 Å². The highest BCUT2D eigenvalue weighted by atomic mass is 32.1. The molecular weight excluding hydrogens is 284 g/mol. The van der Waals surface area contributed by atoms with Crippen LogP contribution in [0, 0.1) is 11.3 Å². The maximum Gasteiger partial charge on any atom is 0.128 e. The summed E-state index contributed by atoms with van der Waals surface area (Å²) in [6.45, 7) is 2.64. The van der Waals surface area contributed by atoms with E-state index < -0.39 is 0 Å². The highest BCUT2D eigenvalue weighted by molar-refractivity contribution is 7.12. The van der Waals surface area contributed by atoms with Crippen LogP contribution in [0.1, 0.15) is 28.9 Å². The molecule has 1 aromatic carbocycles. The first-order valence-electron chi connectivity index (χ1n) is 6.92. The summed E-state index contributed by atoms with van der Waals surface area (Å²) in [5, 5.41) is 10.1. The van der Waals surface area contributed by atoms with Crippen molar-refractivity contribution in [1.82, 2.24) is 4.98 Å². The Labute approximate surface area is 129 Å². The number of nitriles is 1. The molecule has 110 valence electrons. The fraction of sp³-hybridized carbons (Fsp3) is 0.375. The van der Waals surface area contributed by atoms with Gasteiger partial charge in [0.1, 0.15) is 22.4 Å². The van der Waals surface area contributed by atoms with Crippen LogP contribution in [0.15, 0.2) is 24.3 Å². The van der Waals surface area contributed by atoms with Gasteiger partial charge in [0.2, 0.25) is 0 Å². The first-order valence-corrected chi connectivity index (χ1v) is 7.74.